The van der Waals surface area contributed by atoms with E-state index < -0.39 is 37.3 Å². The lowest BCUT2D eigenvalue weighted by molar-refractivity contribution is -0.277. The van der Waals surface area contributed by atoms with Crippen molar-refractivity contribution < 1.29 is 29.9 Å². The van der Waals surface area contributed by atoms with Crippen LogP contribution in [0, 0.1) is 0 Å². The fourth-order valence-corrected chi connectivity index (χ4v) is 2.15. The first-order chi connectivity index (χ1) is 11.4. The molecule has 5 atom stereocenters. The molecule has 1 aliphatic rings. The van der Waals surface area contributed by atoms with Crippen LogP contribution < -0.4 is 15.9 Å². The van der Waals surface area contributed by atoms with E-state index in [2.05, 4.69) is 22.7 Å². The second kappa shape index (κ2) is 8.33. The Kier molecular flexibility index (Phi) is 6.43. The molecule has 1 aromatic rings. The zero-order chi connectivity index (χ0) is 17.7. The molecule has 1 saturated heterocycles. The summed E-state index contributed by atoms with van der Waals surface area (Å²) in [5.41, 5.74) is 8.39. The molecule has 0 spiro atoms. The number of hydrogen-bond acceptors (Lipinski definition) is 8. The summed E-state index contributed by atoms with van der Waals surface area (Å²) < 4.78 is 10.7. The molecule has 0 aliphatic carbocycles. The largest absolute Gasteiger partial charge is 0.462 e. The minimum absolute atomic E-state index is 0.0498. The minimum Gasteiger partial charge on any atom is -0.462 e. The van der Waals surface area contributed by atoms with Crippen molar-refractivity contribution in [2.24, 2.45) is 10.8 Å². The maximum Gasteiger partial charge on any atom is 0.229 e. The Labute approximate surface area is 143 Å². The summed E-state index contributed by atoms with van der Waals surface area (Å²) in [6, 6.07) is 6.57. The number of rotatable bonds is 5. The van der Waals surface area contributed by atoms with E-state index in [0.717, 1.165) is 5.56 Å². The van der Waals surface area contributed by atoms with Crippen molar-refractivity contribution in [1.29, 1.82) is 0 Å². The number of ether oxygens (including phenoxy) is 2. The van der Waals surface area contributed by atoms with Crippen molar-refractivity contribution in [2.45, 2.75) is 30.7 Å². The van der Waals surface area contributed by atoms with Gasteiger partial charge in [0.15, 0.2) is 5.11 Å². The van der Waals surface area contributed by atoms with Gasteiger partial charge in [-0.05, 0) is 42.0 Å². The van der Waals surface area contributed by atoms with Crippen LogP contribution in [0.25, 0.3) is 0 Å². The molecule has 24 heavy (non-hydrogen) atoms. The van der Waals surface area contributed by atoms with Crippen LogP contribution in [-0.2, 0) is 4.74 Å². The van der Waals surface area contributed by atoms with Gasteiger partial charge >= 0.3 is 0 Å². The van der Waals surface area contributed by atoms with E-state index in [9.17, 15) is 15.3 Å². The first-order valence-corrected chi connectivity index (χ1v) is 7.49. The Morgan fingerprint density at radius 1 is 1.25 bits per heavy atom. The fraction of sp³-hybridized carbons (Fsp3) is 0.429. The van der Waals surface area contributed by atoms with Gasteiger partial charge in [0.2, 0.25) is 6.29 Å². The quantitative estimate of drug-likeness (QED) is 0.200. The maximum absolute atomic E-state index is 9.91. The number of nitrogens with one attached hydrogen (secondary N) is 1. The van der Waals surface area contributed by atoms with Crippen molar-refractivity contribution in [3.05, 3.63) is 29.8 Å². The van der Waals surface area contributed by atoms with Gasteiger partial charge in [-0.2, -0.15) is 5.10 Å². The first kappa shape index (κ1) is 18.5. The van der Waals surface area contributed by atoms with E-state index >= 15 is 0 Å². The zero-order valence-corrected chi connectivity index (χ0v) is 13.3. The third-order valence-corrected chi connectivity index (χ3v) is 3.46. The molecule has 1 aliphatic heterocycles. The molecule has 10 heteroatoms. The van der Waals surface area contributed by atoms with Crippen LogP contribution in [0.2, 0.25) is 0 Å². The normalized spacial score (nSPS) is 30.2. The molecule has 2 rings (SSSR count). The molecule has 132 valence electrons. The Bertz CT molecular complexity index is 582. The van der Waals surface area contributed by atoms with Crippen molar-refractivity contribution in [3.8, 4) is 5.75 Å². The van der Waals surface area contributed by atoms with E-state index in [1.807, 2.05) is 0 Å². The van der Waals surface area contributed by atoms with Crippen molar-refractivity contribution in [2.75, 3.05) is 6.61 Å². The molecule has 0 aromatic heterocycles. The average molecular weight is 357 g/mol. The lowest BCUT2D eigenvalue weighted by atomic mass is 9.99. The molecule has 1 heterocycles. The summed E-state index contributed by atoms with van der Waals surface area (Å²) in [6.07, 6.45) is -5.12. The standard InChI is InChI=1S/C14H19N3O6S/c15-14(24)17-16-5-7-1-3-8(4-2-7)22-13-12(21)11(20)10(19)9(6-18)23-13/h1-5,9-13,18-21H,6H2,(H3,15,17,24)/b16-5-/t9-,10-,11-,12-,13-/m1/s1. The number of nitrogens with zero attached hydrogens (tertiary/aromatic N) is 1. The molecular formula is C14H19N3O6S. The van der Waals surface area contributed by atoms with Gasteiger partial charge in [-0.3, -0.25) is 5.43 Å². The highest BCUT2D eigenvalue weighted by Gasteiger charge is 2.44. The molecule has 0 amide bonds. The van der Waals surface area contributed by atoms with Gasteiger partial charge in [0.1, 0.15) is 30.2 Å². The summed E-state index contributed by atoms with van der Waals surface area (Å²) in [6.45, 7) is -0.518. The van der Waals surface area contributed by atoms with Gasteiger partial charge in [-0.1, -0.05) is 0 Å². The van der Waals surface area contributed by atoms with Crippen LogP contribution in [0.15, 0.2) is 29.4 Å². The van der Waals surface area contributed by atoms with Crippen LogP contribution in [0.4, 0.5) is 0 Å². The van der Waals surface area contributed by atoms with Gasteiger partial charge in [-0.15, -0.1) is 0 Å². The predicted octanol–water partition coefficient (Wildman–Crippen LogP) is -1.97. The van der Waals surface area contributed by atoms with Crippen molar-refractivity contribution in [1.82, 2.24) is 5.43 Å². The number of hydrogen-bond donors (Lipinski definition) is 6. The minimum atomic E-state index is -1.49. The maximum atomic E-state index is 9.91. The smallest absolute Gasteiger partial charge is 0.229 e. The summed E-state index contributed by atoms with van der Waals surface area (Å²) >= 11 is 4.61. The Hall–Kier alpha value is -1.82. The van der Waals surface area contributed by atoms with Crippen molar-refractivity contribution >= 4 is 23.5 Å². The van der Waals surface area contributed by atoms with E-state index in [0.29, 0.717) is 5.75 Å². The van der Waals surface area contributed by atoms with E-state index in [1.165, 1.54) is 6.21 Å². The first-order valence-electron chi connectivity index (χ1n) is 7.08. The van der Waals surface area contributed by atoms with Gasteiger partial charge < -0.3 is 35.6 Å². The summed E-state index contributed by atoms with van der Waals surface area (Å²) in [5.74, 6) is 0.360. The molecule has 0 saturated carbocycles. The topological polar surface area (TPSA) is 150 Å². The lowest BCUT2D eigenvalue weighted by Gasteiger charge is -2.39. The van der Waals surface area contributed by atoms with Gasteiger partial charge in [-0.25, -0.2) is 0 Å². The summed E-state index contributed by atoms with van der Waals surface area (Å²) in [5, 5.41) is 42.3. The third-order valence-electron chi connectivity index (χ3n) is 3.37. The SMILES string of the molecule is NC(=S)N/N=C\c1ccc(O[C@@H]2O[C@H](CO)[C@@H](O)[C@@H](O)[C@H]2O)cc1. The molecule has 9 nitrogen and oxygen atoms in total. The monoisotopic (exact) mass is 357 g/mol. The molecule has 1 aromatic carbocycles. The Morgan fingerprint density at radius 3 is 2.50 bits per heavy atom. The number of aliphatic hydroxyl groups excluding tert-OH is 4. The molecular weight excluding hydrogens is 338 g/mol. The number of thiocarbonyl (C=S) groups is 1. The highest BCUT2D eigenvalue weighted by Crippen LogP contribution is 2.24. The Balaban J connectivity index is 2.00. The number of nitrogens with two attached hydrogens (primary N) is 1. The van der Waals surface area contributed by atoms with Gasteiger partial charge in [0.25, 0.3) is 0 Å². The number of hydrazone groups is 1. The number of benzene rings is 1. The summed E-state index contributed by atoms with van der Waals surface area (Å²) in [4.78, 5) is 0. The molecule has 1 fully saturated rings. The fourth-order valence-electron chi connectivity index (χ4n) is 2.10. The Morgan fingerprint density at radius 2 is 1.92 bits per heavy atom. The summed E-state index contributed by atoms with van der Waals surface area (Å²) in [7, 11) is 0. The molecule has 0 bridgehead atoms. The lowest BCUT2D eigenvalue weighted by Crippen LogP contribution is -2.60. The van der Waals surface area contributed by atoms with Gasteiger partial charge in [0, 0.05) is 0 Å². The molecule has 0 radical (unpaired) electrons. The zero-order valence-electron chi connectivity index (χ0n) is 12.5. The second-order valence-electron chi connectivity index (χ2n) is 5.12. The van der Waals surface area contributed by atoms with Crippen LogP contribution in [-0.4, -0.2) is 69.1 Å². The van der Waals surface area contributed by atoms with Crippen LogP contribution in [0.5, 0.6) is 5.75 Å². The van der Waals surface area contributed by atoms with E-state index in [1.54, 1.807) is 24.3 Å². The van der Waals surface area contributed by atoms with E-state index in [4.69, 9.17) is 20.3 Å². The van der Waals surface area contributed by atoms with Crippen LogP contribution in [0.3, 0.4) is 0 Å². The predicted molar refractivity (Wildman–Crippen MR) is 88.4 cm³/mol. The number of aliphatic hydroxyl groups is 4. The third kappa shape index (κ3) is 4.60. The van der Waals surface area contributed by atoms with E-state index in [-0.39, 0.29) is 5.11 Å². The van der Waals surface area contributed by atoms with Crippen molar-refractivity contribution in [3.63, 3.8) is 0 Å². The van der Waals surface area contributed by atoms with Crippen LogP contribution >= 0.6 is 12.2 Å². The second-order valence-corrected chi connectivity index (χ2v) is 5.56. The highest BCUT2D eigenvalue weighted by atomic mass is 32.1. The van der Waals surface area contributed by atoms with Crippen LogP contribution in [0.1, 0.15) is 5.56 Å². The average Bonchev–Trinajstić information content (AvgIpc) is 2.56. The molecule has 7 N–H and O–H groups in total. The molecule has 0 unspecified atom stereocenters. The van der Waals surface area contributed by atoms with Gasteiger partial charge in [0.05, 0.1) is 12.8 Å². The highest BCUT2D eigenvalue weighted by molar-refractivity contribution is 7.80.